The highest BCUT2D eigenvalue weighted by atomic mass is 35.5. The maximum atomic E-state index is 5.56. The zero-order valence-electron chi connectivity index (χ0n) is 6.79. The fraction of sp³-hybridized carbons (Fsp3) is 0.250. The van der Waals surface area contributed by atoms with Crippen LogP contribution >= 0.6 is 11.6 Å². The Morgan fingerprint density at radius 2 is 2.33 bits per heavy atom. The van der Waals surface area contributed by atoms with E-state index in [1.54, 1.807) is 12.3 Å². The Morgan fingerprint density at radius 1 is 1.58 bits per heavy atom. The van der Waals surface area contributed by atoms with Crippen LogP contribution in [0.5, 0.6) is 0 Å². The molecule has 4 heteroatoms. The molecule has 64 valence electrons. The first kappa shape index (κ1) is 9.00. The Bertz CT molecular complexity index is 258. The number of nitrogens with zero attached hydrogens (tertiary/aromatic N) is 2. The highest BCUT2D eigenvalue weighted by Gasteiger charge is 1.97. The topological polar surface area (TPSA) is 37.8 Å². The summed E-state index contributed by atoms with van der Waals surface area (Å²) in [6, 6.07) is 0.181. The van der Waals surface area contributed by atoms with E-state index in [2.05, 4.69) is 21.9 Å². The van der Waals surface area contributed by atoms with Gasteiger partial charge in [0.2, 0.25) is 0 Å². The number of halogens is 1. The molecule has 1 aromatic heterocycles. The summed E-state index contributed by atoms with van der Waals surface area (Å²) >= 11 is 5.56. The molecule has 0 fully saturated rings. The second-order valence-corrected chi connectivity index (χ2v) is 2.78. The molecule has 0 aliphatic heterocycles. The van der Waals surface area contributed by atoms with Gasteiger partial charge in [0.05, 0.1) is 12.4 Å². The number of hydrogen-bond donors (Lipinski definition) is 1. The summed E-state index contributed by atoms with van der Waals surface area (Å²) in [4.78, 5) is 7.89. The maximum absolute atomic E-state index is 5.56. The fourth-order valence-electron chi connectivity index (χ4n) is 0.679. The second-order valence-electron chi connectivity index (χ2n) is 2.39. The molecule has 0 saturated carbocycles. The lowest BCUT2D eigenvalue weighted by Crippen LogP contribution is -2.12. The molecule has 0 radical (unpaired) electrons. The van der Waals surface area contributed by atoms with Crippen LogP contribution in [-0.2, 0) is 0 Å². The van der Waals surface area contributed by atoms with Gasteiger partial charge in [0.1, 0.15) is 11.0 Å². The summed E-state index contributed by atoms with van der Waals surface area (Å²) < 4.78 is 0. The van der Waals surface area contributed by atoms with Crippen LogP contribution in [0.2, 0.25) is 5.15 Å². The van der Waals surface area contributed by atoms with Crippen molar-refractivity contribution in [2.45, 2.75) is 13.0 Å². The van der Waals surface area contributed by atoms with Gasteiger partial charge in [0, 0.05) is 6.04 Å². The van der Waals surface area contributed by atoms with E-state index in [-0.39, 0.29) is 6.04 Å². The van der Waals surface area contributed by atoms with Gasteiger partial charge in [0.25, 0.3) is 0 Å². The number of nitrogens with one attached hydrogen (secondary N) is 1. The largest absolute Gasteiger partial charge is 0.363 e. The molecule has 1 heterocycles. The number of hydrogen-bond acceptors (Lipinski definition) is 3. The van der Waals surface area contributed by atoms with E-state index in [1.807, 2.05) is 6.92 Å². The van der Waals surface area contributed by atoms with Crippen molar-refractivity contribution in [2.24, 2.45) is 0 Å². The monoisotopic (exact) mass is 183 g/mol. The molecule has 0 aliphatic carbocycles. The zero-order chi connectivity index (χ0) is 8.97. The maximum Gasteiger partial charge on any atom is 0.147 e. The van der Waals surface area contributed by atoms with Crippen molar-refractivity contribution in [3.05, 3.63) is 30.2 Å². The molecule has 0 aromatic carbocycles. The van der Waals surface area contributed by atoms with Crippen LogP contribution in [0.1, 0.15) is 6.92 Å². The van der Waals surface area contributed by atoms with Gasteiger partial charge < -0.3 is 5.32 Å². The summed E-state index contributed by atoms with van der Waals surface area (Å²) in [6.07, 6.45) is 4.87. The first-order chi connectivity index (χ1) is 5.72. The lowest BCUT2D eigenvalue weighted by molar-refractivity contribution is 0.976. The third-order valence-electron chi connectivity index (χ3n) is 1.35. The Morgan fingerprint density at radius 3 is 2.83 bits per heavy atom. The third kappa shape index (κ3) is 2.51. The average molecular weight is 184 g/mol. The highest BCUT2D eigenvalue weighted by Crippen LogP contribution is 2.06. The molecule has 0 aliphatic rings. The molecule has 3 nitrogen and oxygen atoms in total. The van der Waals surface area contributed by atoms with Crippen molar-refractivity contribution in [2.75, 3.05) is 5.32 Å². The van der Waals surface area contributed by atoms with Gasteiger partial charge in [0.15, 0.2) is 0 Å². The van der Waals surface area contributed by atoms with Gasteiger partial charge in [-0.05, 0) is 6.92 Å². The molecular weight excluding hydrogens is 174 g/mol. The van der Waals surface area contributed by atoms with Gasteiger partial charge in [-0.1, -0.05) is 17.7 Å². The molecular formula is C8H10ClN3. The Hall–Kier alpha value is -1.09. The van der Waals surface area contributed by atoms with Crippen molar-refractivity contribution in [3.63, 3.8) is 0 Å². The Balaban J connectivity index is 2.64. The first-order valence-electron chi connectivity index (χ1n) is 3.59. The SMILES string of the molecule is C=CC(C)Nc1cnc(Cl)cn1. The van der Waals surface area contributed by atoms with E-state index >= 15 is 0 Å². The van der Waals surface area contributed by atoms with Gasteiger partial charge in [-0.2, -0.15) is 0 Å². The Labute approximate surface area is 76.5 Å². The van der Waals surface area contributed by atoms with Crippen LogP contribution in [0, 0.1) is 0 Å². The van der Waals surface area contributed by atoms with E-state index in [1.165, 1.54) is 6.20 Å². The van der Waals surface area contributed by atoms with Crippen molar-refractivity contribution in [3.8, 4) is 0 Å². The molecule has 1 unspecified atom stereocenters. The molecule has 0 bridgehead atoms. The summed E-state index contributed by atoms with van der Waals surface area (Å²) in [7, 11) is 0. The van der Waals surface area contributed by atoms with E-state index < -0.39 is 0 Å². The van der Waals surface area contributed by atoms with Crippen molar-refractivity contribution in [1.82, 2.24) is 9.97 Å². The number of anilines is 1. The first-order valence-corrected chi connectivity index (χ1v) is 3.97. The summed E-state index contributed by atoms with van der Waals surface area (Å²) in [5, 5.41) is 3.46. The molecule has 0 saturated heterocycles. The van der Waals surface area contributed by atoms with Gasteiger partial charge in [-0.25, -0.2) is 9.97 Å². The quantitative estimate of drug-likeness (QED) is 0.730. The normalized spacial score (nSPS) is 12.2. The molecule has 1 rings (SSSR count). The predicted octanol–water partition coefficient (Wildman–Crippen LogP) is 2.12. The minimum absolute atomic E-state index is 0.181. The van der Waals surface area contributed by atoms with E-state index in [4.69, 9.17) is 11.6 Å². The molecule has 0 spiro atoms. The number of rotatable bonds is 3. The average Bonchev–Trinajstić information content (AvgIpc) is 2.09. The smallest absolute Gasteiger partial charge is 0.147 e. The van der Waals surface area contributed by atoms with Gasteiger partial charge in [-0.15, -0.1) is 6.58 Å². The van der Waals surface area contributed by atoms with Gasteiger partial charge in [-0.3, -0.25) is 0 Å². The molecule has 1 atom stereocenters. The minimum Gasteiger partial charge on any atom is -0.363 e. The van der Waals surface area contributed by atoms with Crippen LogP contribution in [0.15, 0.2) is 25.0 Å². The third-order valence-corrected chi connectivity index (χ3v) is 1.54. The summed E-state index contributed by atoms with van der Waals surface area (Å²) in [5.74, 6) is 0.701. The van der Waals surface area contributed by atoms with E-state index in [9.17, 15) is 0 Å². The summed E-state index contributed by atoms with van der Waals surface area (Å²) in [6.45, 7) is 5.61. The second kappa shape index (κ2) is 4.07. The van der Waals surface area contributed by atoms with Crippen molar-refractivity contribution >= 4 is 17.4 Å². The molecule has 1 aromatic rings. The fourth-order valence-corrected chi connectivity index (χ4v) is 0.777. The van der Waals surface area contributed by atoms with Crippen LogP contribution in [-0.4, -0.2) is 16.0 Å². The van der Waals surface area contributed by atoms with Gasteiger partial charge >= 0.3 is 0 Å². The van der Waals surface area contributed by atoms with Crippen molar-refractivity contribution in [1.29, 1.82) is 0 Å². The highest BCUT2D eigenvalue weighted by molar-refractivity contribution is 6.29. The van der Waals surface area contributed by atoms with E-state index in [0.717, 1.165) is 0 Å². The minimum atomic E-state index is 0.181. The molecule has 1 N–H and O–H groups in total. The van der Waals surface area contributed by atoms with E-state index in [0.29, 0.717) is 11.0 Å². The molecule has 12 heavy (non-hydrogen) atoms. The van der Waals surface area contributed by atoms with Crippen LogP contribution in [0.25, 0.3) is 0 Å². The number of aromatic nitrogens is 2. The Kier molecular flexibility index (Phi) is 3.05. The summed E-state index contributed by atoms with van der Waals surface area (Å²) in [5.41, 5.74) is 0. The zero-order valence-corrected chi connectivity index (χ0v) is 7.54. The van der Waals surface area contributed by atoms with Crippen LogP contribution in [0.4, 0.5) is 5.82 Å². The standard InChI is InChI=1S/C8H10ClN3/c1-3-6(2)12-8-5-10-7(9)4-11-8/h3-6H,1H2,2H3,(H,11,12). The lowest BCUT2D eigenvalue weighted by atomic mass is 10.3. The van der Waals surface area contributed by atoms with Crippen LogP contribution in [0.3, 0.4) is 0 Å². The van der Waals surface area contributed by atoms with Crippen LogP contribution < -0.4 is 5.32 Å². The predicted molar refractivity (Wildman–Crippen MR) is 50.3 cm³/mol. The molecule has 0 amide bonds. The van der Waals surface area contributed by atoms with Crippen molar-refractivity contribution < 1.29 is 0 Å². The lowest BCUT2D eigenvalue weighted by Gasteiger charge is -2.08.